The number of rotatable bonds is 6. The number of aliphatic hydroxyl groups is 1. The molecule has 0 aliphatic rings. The zero-order valence-corrected chi connectivity index (χ0v) is 6.47. The minimum absolute atomic E-state index is 0.299. The highest BCUT2D eigenvalue weighted by atomic mass is 16.3. The van der Waals surface area contributed by atoms with Crippen LogP contribution in [0.25, 0.3) is 0 Å². The summed E-state index contributed by atoms with van der Waals surface area (Å²) >= 11 is 0. The van der Waals surface area contributed by atoms with E-state index in [0.717, 1.165) is 32.2 Å². The number of allylic oxidation sites excluding steroid dienone is 1. The predicted molar refractivity (Wildman–Crippen MR) is 43.9 cm³/mol. The minimum Gasteiger partial charge on any atom is -0.513 e. The van der Waals surface area contributed by atoms with Gasteiger partial charge in [0.25, 0.3) is 0 Å². The van der Waals surface area contributed by atoms with Crippen molar-refractivity contribution in [3.05, 3.63) is 12.3 Å². The molecular weight excluding hydrogens is 126 g/mol. The van der Waals surface area contributed by atoms with E-state index in [1.165, 1.54) is 6.42 Å². The fraction of sp³-hybridized carbons (Fsp3) is 0.750. The molecule has 0 spiro atoms. The fourth-order valence-corrected chi connectivity index (χ4v) is 0.827. The van der Waals surface area contributed by atoms with E-state index in [0.29, 0.717) is 5.76 Å². The van der Waals surface area contributed by atoms with Crippen LogP contribution >= 0.6 is 0 Å². The van der Waals surface area contributed by atoms with Crippen molar-refractivity contribution in [3.8, 4) is 0 Å². The summed E-state index contributed by atoms with van der Waals surface area (Å²) in [6.45, 7) is 4.18. The van der Waals surface area contributed by atoms with Crippen LogP contribution in [0.1, 0.15) is 32.1 Å². The minimum atomic E-state index is 0.299. The van der Waals surface area contributed by atoms with Crippen LogP contribution < -0.4 is 5.73 Å². The number of hydrogen-bond acceptors (Lipinski definition) is 2. The highest BCUT2D eigenvalue weighted by molar-refractivity contribution is 4.77. The van der Waals surface area contributed by atoms with Crippen LogP contribution in [0.2, 0.25) is 0 Å². The molecule has 60 valence electrons. The Balaban J connectivity index is 2.84. The van der Waals surface area contributed by atoms with Gasteiger partial charge in [0.15, 0.2) is 0 Å². The first kappa shape index (κ1) is 9.50. The van der Waals surface area contributed by atoms with Crippen LogP contribution in [0.15, 0.2) is 12.3 Å². The second-order valence-corrected chi connectivity index (χ2v) is 2.52. The highest BCUT2D eigenvalue weighted by Crippen LogP contribution is 2.05. The first-order valence-corrected chi connectivity index (χ1v) is 3.84. The van der Waals surface area contributed by atoms with E-state index in [1.54, 1.807) is 0 Å². The third kappa shape index (κ3) is 7.50. The molecule has 2 heteroatoms. The van der Waals surface area contributed by atoms with Crippen molar-refractivity contribution in [2.75, 3.05) is 6.54 Å². The van der Waals surface area contributed by atoms with E-state index in [-0.39, 0.29) is 0 Å². The van der Waals surface area contributed by atoms with E-state index in [9.17, 15) is 0 Å². The first-order chi connectivity index (χ1) is 4.77. The van der Waals surface area contributed by atoms with E-state index in [4.69, 9.17) is 10.8 Å². The van der Waals surface area contributed by atoms with Crippen LogP contribution in [-0.2, 0) is 0 Å². The Labute approximate surface area is 62.7 Å². The molecule has 3 N–H and O–H groups in total. The molecule has 2 nitrogen and oxygen atoms in total. The molecule has 0 aromatic rings. The van der Waals surface area contributed by atoms with Gasteiger partial charge >= 0.3 is 0 Å². The normalized spacial score (nSPS) is 9.70. The van der Waals surface area contributed by atoms with Crippen molar-refractivity contribution in [2.24, 2.45) is 5.73 Å². The molecule has 0 bridgehead atoms. The average Bonchev–Trinajstić information content (AvgIpc) is 1.87. The summed E-state index contributed by atoms with van der Waals surface area (Å²) in [4.78, 5) is 0. The van der Waals surface area contributed by atoms with E-state index in [1.807, 2.05) is 0 Å². The average molecular weight is 143 g/mol. The maximum atomic E-state index is 8.69. The third-order valence-corrected chi connectivity index (χ3v) is 1.42. The Kier molecular flexibility index (Phi) is 6.29. The number of nitrogens with two attached hydrogens (primary N) is 1. The molecule has 0 heterocycles. The summed E-state index contributed by atoms with van der Waals surface area (Å²) in [6, 6.07) is 0. The molecule has 0 fully saturated rings. The van der Waals surface area contributed by atoms with Crippen molar-refractivity contribution in [2.45, 2.75) is 32.1 Å². The molecule has 0 saturated carbocycles. The molecule has 0 rings (SSSR count). The van der Waals surface area contributed by atoms with Gasteiger partial charge in [-0.25, -0.2) is 0 Å². The monoisotopic (exact) mass is 143 g/mol. The predicted octanol–water partition coefficient (Wildman–Crippen LogP) is 1.97. The van der Waals surface area contributed by atoms with Crippen LogP contribution in [0.3, 0.4) is 0 Å². The van der Waals surface area contributed by atoms with E-state index < -0.39 is 0 Å². The first-order valence-electron chi connectivity index (χ1n) is 3.84. The maximum Gasteiger partial charge on any atom is 0.0851 e. The van der Waals surface area contributed by atoms with Crippen molar-refractivity contribution in [1.82, 2.24) is 0 Å². The molecule has 10 heavy (non-hydrogen) atoms. The van der Waals surface area contributed by atoms with Gasteiger partial charge in [-0.1, -0.05) is 19.4 Å². The largest absolute Gasteiger partial charge is 0.513 e. The van der Waals surface area contributed by atoms with Gasteiger partial charge in [0.1, 0.15) is 0 Å². The van der Waals surface area contributed by atoms with Crippen molar-refractivity contribution in [3.63, 3.8) is 0 Å². The van der Waals surface area contributed by atoms with E-state index >= 15 is 0 Å². The quantitative estimate of drug-likeness (QED) is 0.441. The zero-order chi connectivity index (χ0) is 7.82. The molecule has 0 aromatic carbocycles. The summed E-state index contributed by atoms with van der Waals surface area (Å²) in [7, 11) is 0. The van der Waals surface area contributed by atoms with Gasteiger partial charge in [0.05, 0.1) is 5.76 Å². The highest BCUT2D eigenvalue weighted by Gasteiger charge is 1.90. The SMILES string of the molecule is C=C(O)CCCCCCN. The lowest BCUT2D eigenvalue weighted by molar-refractivity contribution is 0.383. The van der Waals surface area contributed by atoms with Crippen LogP contribution in [-0.4, -0.2) is 11.7 Å². The fourth-order valence-electron chi connectivity index (χ4n) is 0.827. The van der Waals surface area contributed by atoms with Crippen molar-refractivity contribution < 1.29 is 5.11 Å². The van der Waals surface area contributed by atoms with Gasteiger partial charge in [0.2, 0.25) is 0 Å². The number of unbranched alkanes of at least 4 members (excludes halogenated alkanes) is 3. The Morgan fingerprint density at radius 3 is 2.30 bits per heavy atom. The summed E-state index contributed by atoms with van der Waals surface area (Å²) in [5, 5.41) is 8.69. The summed E-state index contributed by atoms with van der Waals surface area (Å²) < 4.78 is 0. The molecule has 0 amide bonds. The molecular formula is C8H17NO. The number of aliphatic hydroxyl groups excluding tert-OH is 1. The summed E-state index contributed by atoms with van der Waals surface area (Å²) in [5.74, 6) is 0.299. The van der Waals surface area contributed by atoms with Gasteiger partial charge in [-0.15, -0.1) is 0 Å². The Bertz CT molecular complexity index is 91.3. The lowest BCUT2D eigenvalue weighted by Gasteiger charge is -1.97. The Morgan fingerprint density at radius 2 is 1.80 bits per heavy atom. The van der Waals surface area contributed by atoms with Crippen LogP contribution in [0, 0.1) is 0 Å². The topological polar surface area (TPSA) is 46.2 Å². The second kappa shape index (κ2) is 6.62. The Morgan fingerprint density at radius 1 is 1.20 bits per heavy atom. The zero-order valence-electron chi connectivity index (χ0n) is 6.47. The van der Waals surface area contributed by atoms with Crippen LogP contribution in [0.5, 0.6) is 0 Å². The van der Waals surface area contributed by atoms with Gasteiger partial charge in [-0.3, -0.25) is 0 Å². The second-order valence-electron chi connectivity index (χ2n) is 2.52. The maximum absolute atomic E-state index is 8.69. The van der Waals surface area contributed by atoms with Gasteiger partial charge in [-0.2, -0.15) is 0 Å². The third-order valence-electron chi connectivity index (χ3n) is 1.42. The van der Waals surface area contributed by atoms with Crippen molar-refractivity contribution >= 4 is 0 Å². The number of hydrogen-bond donors (Lipinski definition) is 2. The molecule has 0 saturated heterocycles. The molecule has 0 radical (unpaired) electrons. The van der Waals surface area contributed by atoms with Gasteiger partial charge in [-0.05, 0) is 19.4 Å². The van der Waals surface area contributed by atoms with Gasteiger partial charge < -0.3 is 10.8 Å². The molecule has 0 aliphatic heterocycles. The van der Waals surface area contributed by atoms with Gasteiger partial charge in [0, 0.05) is 6.42 Å². The lowest BCUT2D eigenvalue weighted by atomic mass is 10.1. The molecule has 0 aromatic heterocycles. The van der Waals surface area contributed by atoms with Crippen molar-refractivity contribution in [1.29, 1.82) is 0 Å². The van der Waals surface area contributed by atoms with E-state index in [2.05, 4.69) is 6.58 Å². The standard InChI is InChI=1S/C8H17NO/c1-8(10)6-4-2-3-5-7-9/h10H,1-7,9H2. The Hall–Kier alpha value is -0.500. The van der Waals surface area contributed by atoms with Crippen LogP contribution in [0.4, 0.5) is 0 Å². The smallest absolute Gasteiger partial charge is 0.0851 e. The molecule has 0 atom stereocenters. The molecule has 0 aliphatic carbocycles. The summed E-state index contributed by atoms with van der Waals surface area (Å²) in [6.07, 6.45) is 5.19. The summed E-state index contributed by atoms with van der Waals surface area (Å²) in [5.41, 5.74) is 5.30. The lowest BCUT2D eigenvalue weighted by Crippen LogP contribution is -1.97. The molecule has 0 unspecified atom stereocenters.